The summed E-state index contributed by atoms with van der Waals surface area (Å²) < 4.78 is 16.8. The average Bonchev–Trinajstić information content (AvgIpc) is 3.30. The summed E-state index contributed by atoms with van der Waals surface area (Å²) in [5, 5.41) is 12.6. The van der Waals surface area contributed by atoms with Crippen LogP contribution in [-0.4, -0.2) is 56.2 Å². The lowest BCUT2D eigenvalue weighted by Gasteiger charge is -2.39. The quantitative estimate of drug-likeness (QED) is 0.436. The maximum atomic E-state index is 15.0. The second kappa shape index (κ2) is 10.0. The number of hydrogen-bond acceptors (Lipinski definition) is 5. The standard InChI is InChI=1S/C26H27FN6/c27-24-14-8-7-13-23(24)25(26-28-29-30-33(26)20-22-11-5-2-6-12-22)32-17-15-31(16-18-32)19-21-9-3-1-4-10-21/h1-14,25H,15-20H2. The van der Waals surface area contributed by atoms with E-state index < -0.39 is 0 Å². The van der Waals surface area contributed by atoms with Crippen molar-refractivity contribution >= 4 is 0 Å². The molecule has 3 aromatic carbocycles. The highest BCUT2D eigenvalue weighted by atomic mass is 19.1. The number of aromatic nitrogens is 4. The molecule has 0 amide bonds. The molecule has 2 heterocycles. The van der Waals surface area contributed by atoms with E-state index >= 15 is 0 Å². The van der Waals surface area contributed by atoms with Crippen LogP contribution in [-0.2, 0) is 13.1 Å². The van der Waals surface area contributed by atoms with Gasteiger partial charge in [-0.05, 0) is 27.6 Å². The molecule has 168 valence electrons. The first-order chi connectivity index (χ1) is 16.3. The number of tetrazole rings is 1. The van der Waals surface area contributed by atoms with Crippen LogP contribution in [0, 0.1) is 5.82 Å². The minimum Gasteiger partial charge on any atom is -0.297 e. The Kier molecular flexibility index (Phi) is 6.51. The van der Waals surface area contributed by atoms with E-state index in [2.05, 4.69) is 49.6 Å². The van der Waals surface area contributed by atoms with Crippen LogP contribution in [0.15, 0.2) is 84.9 Å². The molecule has 1 aromatic heterocycles. The molecule has 0 N–H and O–H groups in total. The Bertz CT molecular complexity index is 1160. The molecule has 1 saturated heterocycles. The molecule has 1 fully saturated rings. The summed E-state index contributed by atoms with van der Waals surface area (Å²) in [6.07, 6.45) is 0. The monoisotopic (exact) mass is 442 g/mol. The van der Waals surface area contributed by atoms with Gasteiger partial charge in [0.1, 0.15) is 11.9 Å². The highest BCUT2D eigenvalue weighted by molar-refractivity contribution is 5.27. The van der Waals surface area contributed by atoms with Crippen LogP contribution in [0.1, 0.15) is 28.6 Å². The minimum absolute atomic E-state index is 0.233. The van der Waals surface area contributed by atoms with Gasteiger partial charge >= 0.3 is 0 Å². The molecule has 4 aromatic rings. The Labute approximate surface area is 193 Å². The SMILES string of the molecule is Fc1ccccc1C(c1nnnn1Cc1ccccc1)N1CCN(Cc2ccccc2)CC1. The van der Waals surface area contributed by atoms with E-state index in [4.69, 9.17) is 0 Å². The van der Waals surface area contributed by atoms with Crippen LogP contribution >= 0.6 is 0 Å². The van der Waals surface area contributed by atoms with E-state index in [0.29, 0.717) is 17.9 Å². The zero-order valence-electron chi connectivity index (χ0n) is 18.5. The van der Waals surface area contributed by atoms with E-state index in [-0.39, 0.29) is 11.9 Å². The van der Waals surface area contributed by atoms with Crippen LogP contribution in [0.3, 0.4) is 0 Å². The maximum Gasteiger partial charge on any atom is 0.173 e. The van der Waals surface area contributed by atoms with Crippen molar-refractivity contribution in [2.75, 3.05) is 26.2 Å². The maximum absolute atomic E-state index is 15.0. The normalized spacial score (nSPS) is 16.0. The molecular weight excluding hydrogens is 415 g/mol. The van der Waals surface area contributed by atoms with Crippen molar-refractivity contribution in [2.24, 2.45) is 0 Å². The highest BCUT2D eigenvalue weighted by Crippen LogP contribution is 2.30. The molecule has 0 aliphatic carbocycles. The van der Waals surface area contributed by atoms with Gasteiger partial charge in [-0.2, -0.15) is 0 Å². The largest absolute Gasteiger partial charge is 0.297 e. The molecular formula is C26H27FN6. The summed E-state index contributed by atoms with van der Waals surface area (Å²) in [5.74, 6) is 0.434. The van der Waals surface area contributed by atoms with Gasteiger partial charge < -0.3 is 0 Å². The molecule has 0 spiro atoms. The van der Waals surface area contributed by atoms with Gasteiger partial charge in [0.2, 0.25) is 0 Å². The fraction of sp³-hybridized carbons (Fsp3) is 0.269. The molecule has 1 aliphatic rings. The van der Waals surface area contributed by atoms with Crippen molar-refractivity contribution in [3.05, 3.63) is 113 Å². The zero-order chi connectivity index (χ0) is 22.5. The molecule has 33 heavy (non-hydrogen) atoms. The van der Waals surface area contributed by atoms with Gasteiger partial charge in [0.15, 0.2) is 5.82 Å². The Morgan fingerprint density at radius 1 is 0.727 bits per heavy atom. The van der Waals surface area contributed by atoms with Crippen molar-refractivity contribution < 1.29 is 4.39 Å². The van der Waals surface area contributed by atoms with E-state index in [1.165, 1.54) is 11.6 Å². The second-order valence-electron chi connectivity index (χ2n) is 8.40. The smallest absolute Gasteiger partial charge is 0.173 e. The van der Waals surface area contributed by atoms with Gasteiger partial charge in [-0.15, -0.1) is 5.10 Å². The summed E-state index contributed by atoms with van der Waals surface area (Å²) >= 11 is 0. The van der Waals surface area contributed by atoms with Crippen molar-refractivity contribution in [3.8, 4) is 0 Å². The number of hydrogen-bond donors (Lipinski definition) is 0. The topological polar surface area (TPSA) is 50.1 Å². The lowest BCUT2D eigenvalue weighted by atomic mass is 10.0. The lowest BCUT2D eigenvalue weighted by molar-refractivity contribution is 0.0990. The van der Waals surface area contributed by atoms with E-state index in [1.54, 1.807) is 10.7 Å². The first kappa shape index (κ1) is 21.4. The van der Waals surface area contributed by atoms with Crippen LogP contribution < -0.4 is 0 Å². The van der Waals surface area contributed by atoms with Crippen molar-refractivity contribution in [1.29, 1.82) is 0 Å². The van der Waals surface area contributed by atoms with E-state index in [9.17, 15) is 4.39 Å². The minimum atomic E-state index is -0.344. The van der Waals surface area contributed by atoms with E-state index in [0.717, 1.165) is 38.3 Å². The molecule has 0 bridgehead atoms. The van der Waals surface area contributed by atoms with Gasteiger partial charge in [-0.3, -0.25) is 9.80 Å². The van der Waals surface area contributed by atoms with Crippen LogP contribution in [0.25, 0.3) is 0 Å². The third kappa shape index (κ3) is 4.99. The fourth-order valence-electron chi connectivity index (χ4n) is 4.49. The van der Waals surface area contributed by atoms with Crippen LogP contribution in [0.5, 0.6) is 0 Å². The number of nitrogens with zero attached hydrogens (tertiary/aromatic N) is 6. The first-order valence-electron chi connectivity index (χ1n) is 11.3. The lowest BCUT2D eigenvalue weighted by Crippen LogP contribution is -2.48. The van der Waals surface area contributed by atoms with E-state index in [1.807, 2.05) is 48.5 Å². The molecule has 1 unspecified atom stereocenters. The van der Waals surface area contributed by atoms with Crippen molar-refractivity contribution in [2.45, 2.75) is 19.1 Å². The van der Waals surface area contributed by atoms with Gasteiger partial charge in [-0.25, -0.2) is 9.07 Å². The van der Waals surface area contributed by atoms with Gasteiger partial charge in [0.05, 0.1) is 6.54 Å². The molecule has 5 rings (SSSR count). The number of piperazine rings is 1. The van der Waals surface area contributed by atoms with Gasteiger partial charge in [0.25, 0.3) is 0 Å². The average molecular weight is 443 g/mol. The molecule has 6 nitrogen and oxygen atoms in total. The van der Waals surface area contributed by atoms with Gasteiger partial charge in [0, 0.05) is 38.3 Å². The Morgan fingerprint density at radius 3 is 2.00 bits per heavy atom. The highest BCUT2D eigenvalue weighted by Gasteiger charge is 2.32. The predicted octanol–water partition coefficient (Wildman–Crippen LogP) is 3.77. The predicted molar refractivity (Wildman–Crippen MR) is 125 cm³/mol. The molecule has 1 aliphatic heterocycles. The summed E-state index contributed by atoms with van der Waals surface area (Å²) in [7, 11) is 0. The number of rotatable bonds is 7. The molecule has 0 radical (unpaired) electrons. The van der Waals surface area contributed by atoms with Crippen molar-refractivity contribution in [3.63, 3.8) is 0 Å². The van der Waals surface area contributed by atoms with Gasteiger partial charge in [-0.1, -0.05) is 78.9 Å². The first-order valence-corrected chi connectivity index (χ1v) is 11.3. The molecule has 7 heteroatoms. The Balaban J connectivity index is 1.39. The van der Waals surface area contributed by atoms with Crippen LogP contribution in [0.4, 0.5) is 4.39 Å². The summed E-state index contributed by atoms with van der Waals surface area (Å²) in [6, 6.07) is 27.2. The summed E-state index contributed by atoms with van der Waals surface area (Å²) in [6.45, 7) is 4.89. The zero-order valence-corrected chi connectivity index (χ0v) is 18.5. The third-order valence-electron chi connectivity index (χ3n) is 6.20. The fourth-order valence-corrected chi connectivity index (χ4v) is 4.49. The summed E-state index contributed by atoms with van der Waals surface area (Å²) in [5.41, 5.74) is 3.02. The van der Waals surface area contributed by atoms with Crippen molar-refractivity contribution in [1.82, 2.24) is 30.0 Å². The second-order valence-corrected chi connectivity index (χ2v) is 8.40. The number of benzene rings is 3. The third-order valence-corrected chi connectivity index (χ3v) is 6.20. The molecule has 0 saturated carbocycles. The number of halogens is 1. The molecule has 1 atom stereocenters. The Hall–Kier alpha value is -3.42. The van der Waals surface area contributed by atoms with Crippen LogP contribution in [0.2, 0.25) is 0 Å². The Morgan fingerprint density at radius 2 is 1.33 bits per heavy atom. The summed E-state index contributed by atoms with van der Waals surface area (Å²) in [4.78, 5) is 4.74.